The monoisotopic (exact) mass is 285 g/mol. The summed E-state index contributed by atoms with van der Waals surface area (Å²) in [6.45, 7) is 0. The molecule has 1 aromatic heterocycles. The van der Waals surface area contributed by atoms with E-state index in [1.54, 1.807) is 0 Å². The van der Waals surface area contributed by atoms with Crippen LogP contribution in [0.2, 0.25) is 0 Å². The predicted molar refractivity (Wildman–Crippen MR) is 63.8 cm³/mol. The maximum atomic E-state index is 8.81. The van der Waals surface area contributed by atoms with Crippen LogP contribution in [-0.2, 0) is 5.88 Å². The van der Waals surface area contributed by atoms with Crippen LogP contribution in [0.1, 0.15) is 10.4 Å². The zero-order chi connectivity index (χ0) is 10.1. The Kier molecular flexibility index (Phi) is 2.78. The average molecular weight is 287 g/mol. The summed E-state index contributed by atoms with van der Waals surface area (Å²) in [4.78, 5) is 0.721. The van der Waals surface area contributed by atoms with Gasteiger partial charge in [0.1, 0.15) is 10.9 Å². The summed E-state index contributed by atoms with van der Waals surface area (Å²) in [6, 6.07) is 7.99. The van der Waals surface area contributed by atoms with E-state index in [0.717, 1.165) is 25.0 Å². The van der Waals surface area contributed by atoms with Gasteiger partial charge >= 0.3 is 0 Å². The van der Waals surface area contributed by atoms with Crippen LogP contribution in [0.25, 0.3) is 10.1 Å². The largest absolute Gasteiger partial charge is 0.192 e. The second-order valence-electron chi connectivity index (χ2n) is 2.81. The molecule has 2 rings (SSSR count). The van der Waals surface area contributed by atoms with Gasteiger partial charge in [-0.25, -0.2) is 0 Å². The van der Waals surface area contributed by atoms with Crippen molar-refractivity contribution < 1.29 is 0 Å². The lowest BCUT2D eigenvalue weighted by molar-refractivity contribution is 1.45. The van der Waals surface area contributed by atoms with E-state index < -0.39 is 0 Å². The summed E-state index contributed by atoms with van der Waals surface area (Å²) in [5, 5.41) is 9.88. The zero-order valence-corrected chi connectivity index (χ0v) is 10.2. The van der Waals surface area contributed by atoms with Crippen LogP contribution in [0.3, 0.4) is 0 Å². The fourth-order valence-corrected chi connectivity index (χ4v) is 3.05. The van der Waals surface area contributed by atoms with Crippen LogP contribution < -0.4 is 0 Å². The van der Waals surface area contributed by atoms with Crippen molar-refractivity contribution in [1.29, 1.82) is 5.26 Å². The van der Waals surface area contributed by atoms with Crippen LogP contribution in [0, 0.1) is 11.3 Å². The van der Waals surface area contributed by atoms with Crippen molar-refractivity contribution in [3.63, 3.8) is 0 Å². The Morgan fingerprint density at radius 1 is 1.50 bits per heavy atom. The van der Waals surface area contributed by atoms with Gasteiger partial charge in [-0.1, -0.05) is 6.07 Å². The maximum absolute atomic E-state index is 8.81. The van der Waals surface area contributed by atoms with Gasteiger partial charge in [0.25, 0.3) is 0 Å². The molecule has 0 N–H and O–H groups in total. The van der Waals surface area contributed by atoms with Gasteiger partial charge in [-0.3, -0.25) is 0 Å². The van der Waals surface area contributed by atoms with Crippen molar-refractivity contribution in [2.45, 2.75) is 5.88 Å². The topological polar surface area (TPSA) is 23.8 Å². The quantitative estimate of drug-likeness (QED) is 0.718. The smallest absolute Gasteiger partial charge is 0.110 e. The molecule has 1 aromatic carbocycles. The van der Waals surface area contributed by atoms with Gasteiger partial charge in [-0.2, -0.15) is 5.26 Å². The maximum Gasteiger partial charge on any atom is 0.110 e. The highest BCUT2D eigenvalue weighted by molar-refractivity contribution is 9.10. The summed E-state index contributed by atoms with van der Waals surface area (Å²) in [5.74, 6) is 0.478. The molecule has 0 radical (unpaired) electrons. The molecule has 0 aliphatic carbocycles. The third-order valence-corrected chi connectivity index (χ3v) is 4.26. The third-order valence-electron chi connectivity index (χ3n) is 1.98. The lowest BCUT2D eigenvalue weighted by atomic mass is 10.1. The summed E-state index contributed by atoms with van der Waals surface area (Å²) in [6.07, 6.45) is 0. The van der Waals surface area contributed by atoms with Gasteiger partial charge in [-0.05, 0) is 39.0 Å². The van der Waals surface area contributed by atoms with Gasteiger partial charge in [0.2, 0.25) is 0 Å². The summed E-state index contributed by atoms with van der Waals surface area (Å²) >= 11 is 10.8. The van der Waals surface area contributed by atoms with Crippen LogP contribution in [0.4, 0.5) is 0 Å². The summed E-state index contributed by atoms with van der Waals surface area (Å²) < 4.78 is 2.12. The number of hydrogen-bond donors (Lipinski definition) is 0. The molecule has 4 heteroatoms. The molecule has 0 spiro atoms. The molecule has 0 amide bonds. The van der Waals surface area contributed by atoms with Crippen molar-refractivity contribution in [1.82, 2.24) is 0 Å². The first-order valence-electron chi connectivity index (χ1n) is 3.93. The predicted octanol–water partition coefficient (Wildman–Crippen LogP) is 4.27. The Bertz CT molecular complexity index is 527. The van der Waals surface area contributed by atoms with Crippen molar-refractivity contribution >= 4 is 49.0 Å². The van der Waals surface area contributed by atoms with Crippen LogP contribution in [0.5, 0.6) is 0 Å². The van der Waals surface area contributed by atoms with Gasteiger partial charge in [0.15, 0.2) is 0 Å². The molecule has 0 atom stereocenters. The number of benzene rings is 1. The molecule has 1 heterocycles. The molecule has 0 saturated heterocycles. The molecular weight excluding hydrogens is 282 g/mol. The molecule has 1 nitrogen and oxygen atoms in total. The van der Waals surface area contributed by atoms with Crippen molar-refractivity contribution in [3.05, 3.63) is 33.1 Å². The molecule has 0 aliphatic rings. The lowest BCUT2D eigenvalue weighted by Crippen LogP contribution is -1.78. The summed E-state index contributed by atoms with van der Waals surface area (Å²) in [5.41, 5.74) is 1.07. The van der Waals surface area contributed by atoms with E-state index in [0.29, 0.717) is 5.88 Å². The highest BCUT2D eigenvalue weighted by atomic mass is 79.9. The molecule has 2 aromatic rings. The second kappa shape index (κ2) is 3.90. The summed E-state index contributed by atoms with van der Waals surface area (Å²) in [7, 11) is 0. The Labute approximate surface area is 99.0 Å². The average Bonchev–Trinajstić information content (AvgIpc) is 2.63. The SMILES string of the molecule is N#Cc1cc2c(CCl)ccc(Br)c2s1. The number of rotatable bonds is 1. The molecular formula is C10H5BrClNS. The Hall–Kier alpha value is -0.560. The van der Waals surface area contributed by atoms with E-state index in [9.17, 15) is 0 Å². The minimum atomic E-state index is 0.478. The second-order valence-corrected chi connectivity index (χ2v) is 4.98. The van der Waals surface area contributed by atoms with Crippen LogP contribution in [-0.4, -0.2) is 0 Å². The lowest BCUT2D eigenvalue weighted by Gasteiger charge is -1.98. The number of thiophene rings is 1. The Balaban J connectivity index is 2.83. The van der Waals surface area contributed by atoms with Gasteiger partial charge < -0.3 is 0 Å². The fraction of sp³-hybridized carbons (Fsp3) is 0.100. The van der Waals surface area contributed by atoms with Crippen LogP contribution >= 0.6 is 38.9 Å². The molecule has 0 saturated carbocycles. The fourth-order valence-electron chi connectivity index (χ4n) is 1.32. The van der Waals surface area contributed by atoms with E-state index >= 15 is 0 Å². The highest BCUT2D eigenvalue weighted by Crippen LogP contribution is 2.34. The van der Waals surface area contributed by atoms with Crippen LogP contribution in [0.15, 0.2) is 22.7 Å². The van der Waals surface area contributed by atoms with E-state index in [1.165, 1.54) is 11.3 Å². The number of nitrogens with zero attached hydrogens (tertiary/aromatic N) is 1. The first kappa shape index (κ1) is 9.97. The van der Waals surface area contributed by atoms with Gasteiger partial charge in [0.05, 0.1) is 4.70 Å². The van der Waals surface area contributed by atoms with Gasteiger partial charge in [-0.15, -0.1) is 22.9 Å². The third kappa shape index (κ3) is 1.54. The highest BCUT2D eigenvalue weighted by Gasteiger charge is 2.08. The first-order chi connectivity index (χ1) is 6.76. The normalized spacial score (nSPS) is 10.4. The Morgan fingerprint density at radius 3 is 2.93 bits per heavy atom. The molecule has 0 bridgehead atoms. The van der Waals surface area contributed by atoms with Crippen molar-refractivity contribution in [2.24, 2.45) is 0 Å². The van der Waals surface area contributed by atoms with Gasteiger partial charge in [0, 0.05) is 10.4 Å². The van der Waals surface area contributed by atoms with Crippen molar-refractivity contribution in [3.8, 4) is 6.07 Å². The van der Waals surface area contributed by atoms with E-state index in [4.69, 9.17) is 16.9 Å². The molecule has 0 unspecified atom stereocenters. The van der Waals surface area contributed by atoms with E-state index in [-0.39, 0.29) is 0 Å². The number of nitriles is 1. The minimum Gasteiger partial charge on any atom is -0.192 e. The number of fused-ring (bicyclic) bond motifs is 1. The number of hydrogen-bond acceptors (Lipinski definition) is 2. The molecule has 70 valence electrons. The molecule has 0 fully saturated rings. The van der Waals surface area contributed by atoms with E-state index in [1.807, 2.05) is 18.2 Å². The number of halogens is 2. The molecule has 14 heavy (non-hydrogen) atoms. The first-order valence-corrected chi connectivity index (χ1v) is 6.07. The minimum absolute atomic E-state index is 0.478. The van der Waals surface area contributed by atoms with E-state index in [2.05, 4.69) is 22.0 Å². The molecule has 0 aliphatic heterocycles. The van der Waals surface area contributed by atoms with Crippen molar-refractivity contribution in [2.75, 3.05) is 0 Å². The Morgan fingerprint density at radius 2 is 2.29 bits per heavy atom. The zero-order valence-electron chi connectivity index (χ0n) is 7.05. The standard InChI is InChI=1S/C10H5BrClNS/c11-9-2-1-6(4-12)8-3-7(5-13)14-10(8)9/h1-3H,4H2. The number of alkyl halides is 1.